The molecule has 0 amide bonds. The summed E-state index contributed by atoms with van der Waals surface area (Å²) >= 11 is 4.76. The Hall–Kier alpha value is -3.19. The minimum Gasteiger partial charge on any atom is -0.507 e. The standard InChI is InChI=1S/C20H19N3O3S/c1-12(22-23-20(21)27)11-15(13-7-3-2-4-8-13)17-18(24)14-9-5-6-10-16(14)26-19(17)25/h2-10,15,24H,11H2,1H3,(H3,21,23,27)/b22-12+. The molecule has 0 fully saturated rings. The lowest BCUT2D eigenvalue weighted by Crippen LogP contribution is -2.25. The molecule has 0 aliphatic rings. The van der Waals surface area contributed by atoms with Crippen molar-refractivity contribution in [1.29, 1.82) is 0 Å². The molecular weight excluding hydrogens is 362 g/mol. The van der Waals surface area contributed by atoms with Gasteiger partial charge in [0.25, 0.3) is 0 Å². The van der Waals surface area contributed by atoms with Crippen LogP contribution in [-0.2, 0) is 0 Å². The molecular formula is C20H19N3O3S. The fourth-order valence-electron chi connectivity index (χ4n) is 3.02. The Morgan fingerprint density at radius 3 is 2.59 bits per heavy atom. The smallest absolute Gasteiger partial charge is 0.343 e. The number of thiocarbonyl (C=S) groups is 1. The summed E-state index contributed by atoms with van der Waals surface area (Å²) in [5, 5.41) is 15.5. The van der Waals surface area contributed by atoms with E-state index < -0.39 is 11.5 Å². The van der Waals surface area contributed by atoms with E-state index in [0.29, 0.717) is 23.1 Å². The van der Waals surface area contributed by atoms with Gasteiger partial charge in [-0.15, -0.1) is 0 Å². The Morgan fingerprint density at radius 2 is 1.89 bits per heavy atom. The molecule has 27 heavy (non-hydrogen) atoms. The van der Waals surface area contributed by atoms with Gasteiger partial charge in [-0.3, -0.25) is 5.43 Å². The lowest BCUT2D eigenvalue weighted by atomic mass is 9.87. The van der Waals surface area contributed by atoms with Crippen molar-refractivity contribution in [2.24, 2.45) is 10.8 Å². The van der Waals surface area contributed by atoms with Gasteiger partial charge in [0.2, 0.25) is 0 Å². The lowest BCUT2D eigenvalue weighted by Gasteiger charge is -2.18. The summed E-state index contributed by atoms with van der Waals surface area (Å²) in [5.41, 5.74) is 9.46. The molecule has 0 spiro atoms. The third-order valence-electron chi connectivity index (χ3n) is 4.23. The van der Waals surface area contributed by atoms with E-state index >= 15 is 0 Å². The van der Waals surface area contributed by atoms with Crippen LogP contribution in [0.2, 0.25) is 0 Å². The van der Waals surface area contributed by atoms with Crippen LogP contribution in [0, 0.1) is 0 Å². The third-order valence-corrected chi connectivity index (χ3v) is 4.32. The van der Waals surface area contributed by atoms with Gasteiger partial charge < -0.3 is 15.3 Å². The Balaban J connectivity index is 2.14. The molecule has 138 valence electrons. The summed E-state index contributed by atoms with van der Waals surface area (Å²) in [4.78, 5) is 12.7. The first kappa shape index (κ1) is 18.6. The van der Waals surface area contributed by atoms with Gasteiger partial charge in [-0.2, -0.15) is 5.10 Å². The van der Waals surface area contributed by atoms with Crippen molar-refractivity contribution in [2.75, 3.05) is 0 Å². The number of rotatable bonds is 5. The van der Waals surface area contributed by atoms with E-state index in [9.17, 15) is 9.90 Å². The second kappa shape index (κ2) is 8.01. The Bertz CT molecular complexity index is 1060. The van der Waals surface area contributed by atoms with E-state index in [-0.39, 0.29) is 16.4 Å². The Kier molecular flexibility index (Phi) is 5.52. The molecule has 4 N–H and O–H groups in total. The second-order valence-electron chi connectivity index (χ2n) is 6.14. The van der Waals surface area contributed by atoms with Gasteiger partial charge in [-0.1, -0.05) is 42.5 Å². The first-order valence-corrected chi connectivity index (χ1v) is 8.76. The highest BCUT2D eigenvalue weighted by molar-refractivity contribution is 7.80. The quantitative estimate of drug-likeness (QED) is 0.271. The molecule has 1 atom stereocenters. The van der Waals surface area contributed by atoms with E-state index in [1.54, 1.807) is 31.2 Å². The summed E-state index contributed by atoms with van der Waals surface area (Å²) in [7, 11) is 0. The van der Waals surface area contributed by atoms with Crippen LogP contribution in [-0.4, -0.2) is 15.9 Å². The van der Waals surface area contributed by atoms with E-state index in [1.807, 2.05) is 30.3 Å². The van der Waals surface area contributed by atoms with Crippen molar-refractivity contribution in [2.45, 2.75) is 19.3 Å². The van der Waals surface area contributed by atoms with Crippen LogP contribution in [0.25, 0.3) is 11.0 Å². The van der Waals surface area contributed by atoms with E-state index in [1.165, 1.54) is 0 Å². The normalized spacial score (nSPS) is 12.7. The van der Waals surface area contributed by atoms with Crippen molar-refractivity contribution >= 4 is 34.0 Å². The van der Waals surface area contributed by atoms with Crippen LogP contribution >= 0.6 is 12.2 Å². The largest absolute Gasteiger partial charge is 0.507 e. The maximum Gasteiger partial charge on any atom is 0.343 e. The maximum atomic E-state index is 12.7. The molecule has 0 saturated heterocycles. The van der Waals surface area contributed by atoms with Gasteiger partial charge in [0, 0.05) is 11.6 Å². The SMILES string of the molecule is C/C(CC(c1ccccc1)c1c(O)c2ccccc2oc1=O)=N\NC(N)=S. The average Bonchev–Trinajstić information content (AvgIpc) is 2.66. The van der Waals surface area contributed by atoms with Crippen molar-refractivity contribution < 1.29 is 9.52 Å². The first-order chi connectivity index (χ1) is 13.0. The van der Waals surface area contributed by atoms with Gasteiger partial charge >= 0.3 is 5.63 Å². The number of fused-ring (bicyclic) bond motifs is 1. The van der Waals surface area contributed by atoms with Crippen LogP contribution in [0.3, 0.4) is 0 Å². The maximum absolute atomic E-state index is 12.7. The highest BCUT2D eigenvalue weighted by atomic mass is 32.1. The molecule has 3 aromatic rings. The molecule has 1 unspecified atom stereocenters. The molecule has 1 heterocycles. The minimum atomic E-state index is -0.574. The zero-order valence-electron chi connectivity index (χ0n) is 14.7. The lowest BCUT2D eigenvalue weighted by molar-refractivity contribution is 0.452. The highest BCUT2D eigenvalue weighted by Crippen LogP contribution is 2.36. The molecule has 2 aromatic carbocycles. The fourth-order valence-corrected chi connectivity index (χ4v) is 3.06. The number of aromatic hydroxyl groups is 1. The topological polar surface area (TPSA) is 101 Å². The Labute approximate surface area is 161 Å². The zero-order chi connectivity index (χ0) is 19.4. The van der Waals surface area contributed by atoms with Crippen LogP contribution in [0.4, 0.5) is 0 Å². The highest BCUT2D eigenvalue weighted by Gasteiger charge is 2.25. The molecule has 0 radical (unpaired) electrons. The third kappa shape index (κ3) is 4.15. The monoisotopic (exact) mass is 381 g/mol. The van der Waals surface area contributed by atoms with Crippen molar-refractivity contribution in [3.8, 4) is 5.75 Å². The van der Waals surface area contributed by atoms with Gasteiger partial charge in [0.05, 0.1) is 10.9 Å². The molecule has 1 aromatic heterocycles. The predicted octanol–water partition coefficient (Wildman–Crippen LogP) is 3.23. The second-order valence-corrected chi connectivity index (χ2v) is 6.58. The predicted molar refractivity (Wildman–Crippen MR) is 110 cm³/mol. The van der Waals surface area contributed by atoms with Crippen LogP contribution in [0.1, 0.15) is 30.4 Å². The number of hydrogen-bond donors (Lipinski definition) is 3. The van der Waals surface area contributed by atoms with Crippen molar-refractivity contribution in [3.05, 3.63) is 76.1 Å². The fraction of sp³-hybridized carbons (Fsp3) is 0.150. The van der Waals surface area contributed by atoms with Crippen LogP contribution in [0.15, 0.2) is 68.9 Å². The van der Waals surface area contributed by atoms with Crippen LogP contribution in [0.5, 0.6) is 5.75 Å². The summed E-state index contributed by atoms with van der Waals surface area (Å²) in [6.45, 7) is 1.79. The van der Waals surface area contributed by atoms with Crippen LogP contribution < -0.4 is 16.8 Å². The van der Waals surface area contributed by atoms with E-state index in [0.717, 1.165) is 5.56 Å². The molecule has 0 bridgehead atoms. The van der Waals surface area contributed by atoms with Gasteiger partial charge in [0.15, 0.2) is 5.11 Å². The minimum absolute atomic E-state index is 0.0543. The zero-order valence-corrected chi connectivity index (χ0v) is 15.5. The van der Waals surface area contributed by atoms with Gasteiger partial charge in [-0.05, 0) is 43.3 Å². The van der Waals surface area contributed by atoms with Crippen molar-refractivity contribution in [3.63, 3.8) is 0 Å². The summed E-state index contributed by atoms with van der Waals surface area (Å²) in [6, 6.07) is 16.3. The number of hydrogen-bond acceptors (Lipinski definition) is 5. The van der Waals surface area contributed by atoms with E-state index in [4.69, 9.17) is 22.4 Å². The number of nitrogens with zero attached hydrogens (tertiary/aromatic N) is 1. The first-order valence-electron chi connectivity index (χ1n) is 8.35. The number of benzene rings is 2. The molecule has 6 nitrogen and oxygen atoms in total. The number of nitrogens with one attached hydrogen (secondary N) is 1. The van der Waals surface area contributed by atoms with Gasteiger partial charge in [0.1, 0.15) is 11.3 Å². The number of nitrogens with two attached hydrogens (primary N) is 1. The number of para-hydroxylation sites is 1. The summed E-state index contributed by atoms with van der Waals surface area (Å²) < 4.78 is 5.44. The Morgan fingerprint density at radius 1 is 1.22 bits per heavy atom. The van der Waals surface area contributed by atoms with Gasteiger partial charge in [-0.25, -0.2) is 4.79 Å². The summed E-state index contributed by atoms with van der Waals surface area (Å²) in [5.74, 6) is -0.519. The average molecular weight is 381 g/mol. The molecule has 3 rings (SSSR count). The van der Waals surface area contributed by atoms with E-state index in [2.05, 4.69) is 10.5 Å². The molecule has 0 saturated carbocycles. The van der Waals surface area contributed by atoms with Crippen molar-refractivity contribution in [1.82, 2.24) is 5.43 Å². The molecule has 7 heteroatoms. The molecule has 0 aliphatic carbocycles. The number of hydrazone groups is 1. The summed E-state index contributed by atoms with van der Waals surface area (Å²) in [6.07, 6.45) is 0.371. The molecule has 0 aliphatic heterocycles.